The molecule has 0 bridgehead atoms. The molecule has 3 rings (SSSR count). The first-order valence-electron chi connectivity index (χ1n) is 5.63. The maximum atomic E-state index is 10.9. The normalized spacial score (nSPS) is 24.2. The molecule has 2 atom stereocenters. The predicted octanol–water partition coefficient (Wildman–Crippen LogP) is 1.30. The summed E-state index contributed by atoms with van der Waals surface area (Å²) in [5.74, 6) is -1.000. The van der Waals surface area contributed by atoms with E-state index in [2.05, 4.69) is 15.3 Å². The monoisotopic (exact) mass is 231 g/mol. The molecule has 2 unspecified atom stereocenters. The van der Waals surface area contributed by atoms with Gasteiger partial charge >= 0.3 is 5.97 Å². The fraction of sp³-hybridized carbons (Fsp3) is 0.333. The number of rotatable bonds is 2. The van der Waals surface area contributed by atoms with Crippen molar-refractivity contribution in [1.29, 1.82) is 0 Å². The van der Waals surface area contributed by atoms with Gasteiger partial charge in [0, 0.05) is 12.6 Å². The van der Waals surface area contributed by atoms with Crippen LogP contribution in [0, 0.1) is 5.92 Å². The van der Waals surface area contributed by atoms with Crippen LogP contribution in [-0.2, 0) is 4.79 Å². The van der Waals surface area contributed by atoms with Gasteiger partial charge in [0.05, 0.1) is 23.3 Å². The topological polar surface area (TPSA) is 78.0 Å². The second-order valence-electron chi connectivity index (χ2n) is 4.41. The van der Waals surface area contributed by atoms with Gasteiger partial charge in [-0.25, -0.2) is 4.98 Å². The van der Waals surface area contributed by atoms with E-state index < -0.39 is 5.97 Å². The van der Waals surface area contributed by atoms with E-state index in [0.29, 0.717) is 13.0 Å². The van der Waals surface area contributed by atoms with Crippen LogP contribution >= 0.6 is 0 Å². The van der Waals surface area contributed by atoms with Crippen LogP contribution in [0.4, 0.5) is 0 Å². The van der Waals surface area contributed by atoms with E-state index in [1.54, 1.807) is 6.33 Å². The highest BCUT2D eigenvalue weighted by atomic mass is 16.4. The lowest BCUT2D eigenvalue weighted by molar-refractivity contribution is -0.141. The number of carboxylic acid groups (broad SMARTS) is 1. The third-order valence-electron chi connectivity index (χ3n) is 3.33. The zero-order valence-corrected chi connectivity index (χ0v) is 9.18. The van der Waals surface area contributed by atoms with Gasteiger partial charge < -0.3 is 15.4 Å². The van der Waals surface area contributed by atoms with Crippen LogP contribution in [-0.4, -0.2) is 27.6 Å². The van der Waals surface area contributed by atoms with Crippen LogP contribution in [0.15, 0.2) is 24.5 Å². The number of aromatic nitrogens is 2. The maximum Gasteiger partial charge on any atom is 0.307 e. The first kappa shape index (κ1) is 10.3. The van der Waals surface area contributed by atoms with Crippen molar-refractivity contribution in [3.8, 4) is 0 Å². The average molecular weight is 231 g/mol. The summed E-state index contributed by atoms with van der Waals surface area (Å²) >= 11 is 0. The van der Waals surface area contributed by atoms with E-state index in [1.807, 2.05) is 18.2 Å². The third kappa shape index (κ3) is 1.78. The van der Waals surface area contributed by atoms with E-state index >= 15 is 0 Å². The zero-order valence-electron chi connectivity index (χ0n) is 9.18. The van der Waals surface area contributed by atoms with E-state index in [9.17, 15) is 4.79 Å². The predicted molar refractivity (Wildman–Crippen MR) is 62.6 cm³/mol. The molecular weight excluding hydrogens is 218 g/mol. The van der Waals surface area contributed by atoms with Gasteiger partial charge in [-0.15, -0.1) is 0 Å². The molecule has 1 fully saturated rings. The van der Waals surface area contributed by atoms with Crippen molar-refractivity contribution in [2.45, 2.75) is 12.5 Å². The van der Waals surface area contributed by atoms with Gasteiger partial charge in [-0.05, 0) is 24.1 Å². The number of aliphatic carboxylic acids is 1. The molecule has 1 aliphatic heterocycles. The van der Waals surface area contributed by atoms with Gasteiger partial charge in [0.2, 0.25) is 0 Å². The van der Waals surface area contributed by atoms with Crippen LogP contribution in [0.1, 0.15) is 18.0 Å². The van der Waals surface area contributed by atoms with Gasteiger partial charge in [-0.3, -0.25) is 4.79 Å². The molecule has 0 saturated carbocycles. The molecule has 0 radical (unpaired) electrons. The molecule has 2 heterocycles. The lowest BCUT2D eigenvalue weighted by Crippen LogP contribution is -2.17. The molecule has 17 heavy (non-hydrogen) atoms. The molecule has 1 saturated heterocycles. The number of carboxylic acids is 1. The Bertz CT molecular complexity index is 564. The summed E-state index contributed by atoms with van der Waals surface area (Å²) in [7, 11) is 0. The number of benzene rings is 1. The lowest BCUT2D eigenvalue weighted by atomic mass is 10.00. The highest BCUT2D eigenvalue weighted by molar-refractivity contribution is 5.75. The van der Waals surface area contributed by atoms with Crippen molar-refractivity contribution >= 4 is 17.0 Å². The van der Waals surface area contributed by atoms with Gasteiger partial charge in [-0.2, -0.15) is 0 Å². The van der Waals surface area contributed by atoms with E-state index in [-0.39, 0.29) is 12.0 Å². The first-order chi connectivity index (χ1) is 8.24. The summed E-state index contributed by atoms with van der Waals surface area (Å²) < 4.78 is 0. The van der Waals surface area contributed by atoms with E-state index in [4.69, 9.17) is 5.11 Å². The third-order valence-corrected chi connectivity index (χ3v) is 3.33. The Kier molecular flexibility index (Phi) is 2.33. The highest BCUT2D eigenvalue weighted by Gasteiger charge is 2.30. The number of carbonyl (C=O) groups is 1. The minimum absolute atomic E-state index is 0.129. The zero-order chi connectivity index (χ0) is 11.8. The Hall–Kier alpha value is -1.88. The maximum absolute atomic E-state index is 10.9. The molecule has 5 nitrogen and oxygen atoms in total. The summed E-state index contributed by atoms with van der Waals surface area (Å²) in [6, 6.07) is 6.12. The number of imidazole rings is 1. The van der Waals surface area contributed by atoms with Crippen LogP contribution in [0.25, 0.3) is 11.0 Å². The molecule has 1 aliphatic rings. The highest BCUT2D eigenvalue weighted by Crippen LogP contribution is 2.28. The molecular formula is C12H13N3O2. The largest absolute Gasteiger partial charge is 0.481 e. The minimum atomic E-state index is -0.720. The van der Waals surface area contributed by atoms with Crippen molar-refractivity contribution < 1.29 is 9.90 Å². The van der Waals surface area contributed by atoms with Crippen molar-refractivity contribution in [3.05, 3.63) is 30.1 Å². The summed E-state index contributed by atoms with van der Waals surface area (Å²) in [4.78, 5) is 18.1. The Morgan fingerprint density at radius 3 is 3.12 bits per heavy atom. The molecule has 1 aromatic carbocycles. The van der Waals surface area contributed by atoms with E-state index in [1.165, 1.54) is 0 Å². The number of nitrogens with zero attached hydrogens (tertiary/aromatic N) is 1. The van der Waals surface area contributed by atoms with Crippen LogP contribution in [0.2, 0.25) is 0 Å². The number of fused-ring (bicyclic) bond motifs is 1. The van der Waals surface area contributed by atoms with Crippen LogP contribution < -0.4 is 5.32 Å². The summed E-state index contributed by atoms with van der Waals surface area (Å²) in [6.45, 7) is 0.543. The summed E-state index contributed by atoms with van der Waals surface area (Å²) in [6.07, 6.45) is 2.31. The molecule has 2 aromatic rings. The Morgan fingerprint density at radius 1 is 1.47 bits per heavy atom. The van der Waals surface area contributed by atoms with Gasteiger partial charge in [0.15, 0.2) is 0 Å². The quantitative estimate of drug-likeness (QED) is 0.728. The Balaban J connectivity index is 1.87. The fourth-order valence-electron chi connectivity index (χ4n) is 2.35. The number of aromatic amines is 1. The molecule has 1 aromatic heterocycles. The molecule has 88 valence electrons. The lowest BCUT2D eigenvalue weighted by Gasteiger charge is -2.10. The number of hydrogen-bond acceptors (Lipinski definition) is 3. The first-order valence-corrected chi connectivity index (χ1v) is 5.63. The smallest absolute Gasteiger partial charge is 0.307 e. The fourth-order valence-corrected chi connectivity index (χ4v) is 2.35. The summed E-state index contributed by atoms with van der Waals surface area (Å²) in [5, 5.41) is 12.2. The Labute approximate surface area is 97.9 Å². The van der Waals surface area contributed by atoms with Crippen molar-refractivity contribution in [3.63, 3.8) is 0 Å². The summed E-state index contributed by atoms with van der Waals surface area (Å²) in [5.41, 5.74) is 3.04. The van der Waals surface area contributed by atoms with Crippen molar-refractivity contribution in [1.82, 2.24) is 15.3 Å². The van der Waals surface area contributed by atoms with Gasteiger partial charge in [-0.1, -0.05) is 6.07 Å². The van der Waals surface area contributed by atoms with Gasteiger partial charge in [0.25, 0.3) is 0 Å². The van der Waals surface area contributed by atoms with Crippen molar-refractivity contribution in [2.75, 3.05) is 6.54 Å². The second-order valence-corrected chi connectivity index (χ2v) is 4.41. The molecule has 5 heteroatoms. The van der Waals surface area contributed by atoms with Crippen molar-refractivity contribution in [2.24, 2.45) is 5.92 Å². The van der Waals surface area contributed by atoms with Gasteiger partial charge in [0.1, 0.15) is 0 Å². The van der Waals surface area contributed by atoms with E-state index in [0.717, 1.165) is 16.6 Å². The SMILES string of the molecule is O=C(O)C1CNC(c2ccc3nc[nH]c3c2)C1. The second kappa shape index (κ2) is 3.85. The molecule has 3 N–H and O–H groups in total. The van der Waals surface area contributed by atoms with Crippen LogP contribution in [0.5, 0.6) is 0 Å². The Morgan fingerprint density at radius 2 is 2.35 bits per heavy atom. The number of nitrogens with one attached hydrogen (secondary N) is 2. The number of H-pyrrole nitrogens is 1. The molecule has 0 spiro atoms. The minimum Gasteiger partial charge on any atom is -0.481 e. The standard InChI is InChI=1S/C12H13N3O2/c16-12(17)8-4-10(13-5-8)7-1-2-9-11(3-7)15-6-14-9/h1-3,6,8,10,13H,4-5H2,(H,14,15)(H,16,17). The van der Waals surface area contributed by atoms with Crippen LogP contribution in [0.3, 0.4) is 0 Å². The molecule has 0 amide bonds. The number of hydrogen-bond donors (Lipinski definition) is 3. The molecule has 0 aliphatic carbocycles. The average Bonchev–Trinajstić information content (AvgIpc) is 2.97.